The molecule has 2 amide bonds. The lowest BCUT2D eigenvalue weighted by Gasteiger charge is -2.35. The Morgan fingerprint density at radius 3 is 1.61 bits per heavy atom. The number of amides is 2. The van der Waals surface area contributed by atoms with E-state index in [0.29, 0.717) is 53.1 Å². The van der Waals surface area contributed by atoms with Crippen LogP contribution in [0.25, 0.3) is 22.3 Å². The maximum absolute atomic E-state index is 13.1. The third-order valence-electron chi connectivity index (χ3n) is 12.8. The number of ketones is 2. The maximum atomic E-state index is 13.1. The van der Waals surface area contributed by atoms with Crippen LogP contribution in [-0.4, -0.2) is 131 Å². The number of hydrogen-bond acceptors (Lipinski definition) is 20. The molecule has 7 aromatic rings. The zero-order valence-electron chi connectivity index (χ0n) is 45.8. The Bertz CT molecular complexity index is 3190. The average Bonchev–Trinajstić information content (AvgIpc) is 4.30. The van der Waals surface area contributed by atoms with Gasteiger partial charge in [0.25, 0.3) is 0 Å². The van der Waals surface area contributed by atoms with Crippen LogP contribution < -0.4 is 31.1 Å². The molecule has 80 heavy (non-hydrogen) atoms. The average molecular weight is 1150 g/mol. The number of piperidine rings is 1. The summed E-state index contributed by atoms with van der Waals surface area (Å²) in [7, 11) is 0. The molecule has 3 aliphatic rings. The first-order valence-electron chi connectivity index (χ1n) is 26.4. The Morgan fingerprint density at radius 1 is 0.613 bits per heavy atom. The normalized spacial score (nSPS) is 14.8. The van der Waals surface area contributed by atoms with E-state index in [9.17, 15) is 24.0 Å². The number of anilines is 5. The van der Waals surface area contributed by atoms with Gasteiger partial charge in [0.1, 0.15) is 26.2 Å². The van der Waals surface area contributed by atoms with Crippen molar-refractivity contribution < 1.29 is 47.4 Å². The van der Waals surface area contributed by atoms with Gasteiger partial charge in [-0.2, -0.15) is 0 Å². The van der Waals surface area contributed by atoms with Gasteiger partial charge in [-0.3, -0.25) is 14.9 Å². The first-order valence-corrected chi connectivity index (χ1v) is 28.9. The molecule has 0 spiro atoms. The highest BCUT2D eigenvalue weighted by Gasteiger charge is 2.28. The number of aromatic nitrogens is 3. The second kappa shape index (κ2) is 26.6. The molecule has 0 aliphatic carbocycles. The third-order valence-corrected chi connectivity index (χ3v) is 16.0. The number of benzene rings is 2. The first kappa shape index (κ1) is 58.5. The number of nitrogens with one attached hydrogen (secondary N) is 2. The van der Waals surface area contributed by atoms with Gasteiger partial charge in [0, 0.05) is 101 Å². The summed E-state index contributed by atoms with van der Waals surface area (Å²) >= 11 is 4.04. The van der Waals surface area contributed by atoms with Crippen molar-refractivity contribution in [3.8, 4) is 22.3 Å². The Morgan fingerprint density at radius 2 is 1.10 bits per heavy atom. The number of carboxylic acid groups (broad SMARTS) is 1. The van der Waals surface area contributed by atoms with Crippen LogP contribution in [0.15, 0.2) is 101 Å². The number of rotatable bonds is 13. The highest BCUT2D eigenvalue weighted by molar-refractivity contribution is 7.18. The number of Topliss-reactive ketones (excluding diaryl/α,β-unsaturated/α-hetero) is 2. The van der Waals surface area contributed by atoms with Crippen molar-refractivity contribution in [2.45, 2.75) is 84.8 Å². The molecule has 3 fully saturated rings. The van der Waals surface area contributed by atoms with Crippen LogP contribution in [0.5, 0.6) is 0 Å². The van der Waals surface area contributed by atoms with Gasteiger partial charge in [-0.1, -0.05) is 46.1 Å². The summed E-state index contributed by atoms with van der Waals surface area (Å²) < 4.78 is 21.1. The topological polar surface area (TPSA) is 252 Å². The molecule has 8 heterocycles. The number of ether oxygens (including phenoxy) is 2. The summed E-state index contributed by atoms with van der Waals surface area (Å²) in [5.41, 5.74) is 11.4. The molecule has 3 saturated heterocycles. The molecular formula is C57H68N10O10S3. The molecule has 5 N–H and O–H groups in total. The smallest absolute Gasteiger partial charge is 0.412 e. The minimum atomic E-state index is -1.02. The SMILES string of the molecule is CC(C)(C)OC(=O)N1CCN(c2cnc(C(=O)O)s2)CC1.CC(C)(C)OC(=O)Nc1ccc(-c2ccoc2)cc1CC(=O)c1ncc(N2CCCCC2)s1.Nc1ccc(-c2ccoc2)cc1CC(=O)c1ncc(N2CCNCC2)s1. The van der Waals surface area contributed by atoms with Crippen molar-refractivity contribution in [3.63, 3.8) is 0 Å². The van der Waals surface area contributed by atoms with Crippen LogP contribution in [-0.2, 0) is 22.3 Å². The molecule has 23 heteroatoms. The summed E-state index contributed by atoms with van der Waals surface area (Å²) in [5, 5.41) is 19.0. The largest absolute Gasteiger partial charge is 0.476 e. The molecule has 0 radical (unpaired) electrons. The van der Waals surface area contributed by atoms with E-state index in [1.165, 1.54) is 41.9 Å². The van der Waals surface area contributed by atoms with Gasteiger partial charge in [0.15, 0.2) is 21.6 Å². The van der Waals surface area contributed by atoms with Gasteiger partial charge in [0.05, 0.1) is 43.6 Å². The lowest BCUT2D eigenvalue weighted by Crippen LogP contribution is -2.49. The van der Waals surface area contributed by atoms with E-state index in [2.05, 4.69) is 35.4 Å². The number of furan rings is 2. The number of thiazole rings is 3. The molecule has 424 valence electrons. The Labute approximate surface area is 476 Å². The van der Waals surface area contributed by atoms with Crippen molar-refractivity contribution in [1.29, 1.82) is 0 Å². The number of hydrogen-bond donors (Lipinski definition) is 4. The number of piperazine rings is 2. The van der Waals surface area contributed by atoms with E-state index in [-0.39, 0.29) is 35.5 Å². The summed E-state index contributed by atoms with van der Waals surface area (Å²) in [6, 6.07) is 15.0. The number of carbonyl (C=O) groups is 5. The fourth-order valence-corrected chi connectivity index (χ4v) is 11.4. The number of carbonyl (C=O) groups excluding carboxylic acids is 4. The molecule has 3 aliphatic heterocycles. The van der Waals surface area contributed by atoms with Gasteiger partial charge >= 0.3 is 18.2 Å². The molecule has 0 saturated carbocycles. The second-order valence-corrected chi connectivity index (χ2v) is 24.2. The molecular weight excluding hydrogens is 1080 g/mol. The lowest BCUT2D eigenvalue weighted by molar-refractivity contribution is 0.0240. The lowest BCUT2D eigenvalue weighted by atomic mass is 10.0. The maximum Gasteiger partial charge on any atom is 0.412 e. The number of nitrogens with zero attached hydrogens (tertiary/aromatic N) is 7. The van der Waals surface area contributed by atoms with Crippen LogP contribution >= 0.6 is 34.0 Å². The van der Waals surface area contributed by atoms with Gasteiger partial charge in [0.2, 0.25) is 5.01 Å². The van der Waals surface area contributed by atoms with Gasteiger partial charge in [-0.05, 0) is 119 Å². The minimum absolute atomic E-state index is 0.00701. The van der Waals surface area contributed by atoms with E-state index in [0.717, 1.165) is 93.4 Å². The Kier molecular flexibility index (Phi) is 19.4. The van der Waals surface area contributed by atoms with Gasteiger partial charge in [-0.15, -0.1) is 0 Å². The van der Waals surface area contributed by atoms with Gasteiger partial charge in [-0.25, -0.2) is 29.3 Å². The number of nitrogens with two attached hydrogens (primary N) is 1. The Hall–Kier alpha value is -7.60. The highest BCUT2D eigenvalue weighted by Crippen LogP contribution is 2.32. The summed E-state index contributed by atoms with van der Waals surface area (Å²) in [5.74, 6) is -1.11. The van der Waals surface area contributed by atoms with Crippen LogP contribution in [0.1, 0.15) is 101 Å². The van der Waals surface area contributed by atoms with Crippen molar-refractivity contribution in [2.75, 3.05) is 91.2 Å². The quantitative estimate of drug-likeness (QED) is 0.0618. The first-order chi connectivity index (χ1) is 38.2. The Balaban J connectivity index is 0.000000162. The van der Waals surface area contributed by atoms with Gasteiger partial charge < -0.3 is 54.1 Å². The highest BCUT2D eigenvalue weighted by atomic mass is 32.1. The molecule has 2 aromatic carbocycles. The third kappa shape index (κ3) is 16.5. The summed E-state index contributed by atoms with van der Waals surface area (Å²) in [6.45, 7) is 19.1. The van der Waals surface area contributed by atoms with Crippen LogP contribution in [0, 0.1) is 0 Å². The molecule has 10 rings (SSSR count). The number of aromatic carboxylic acids is 1. The second-order valence-electron chi connectivity index (χ2n) is 21.2. The molecule has 0 bridgehead atoms. The minimum Gasteiger partial charge on any atom is -0.476 e. The number of nitrogen functional groups attached to an aromatic ring is 1. The van der Waals surface area contributed by atoms with Crippen LogP contribution in [0.3, 0.4) is 0 Å². The van der Waals surface area contributed by atoms with Crippen molar-refractivity contribution in [3.05, 3.63) is 118 Å². The van der Waals surface area contributed by atoms with E-state index < -0.39 is 23.3 Å². The fraction of sp³-hybridized carbons (Fsp3) is 0.404. The van der Waals surface area contributed by atoms with Crippen LogP contribution in [0.2, 0.25) is 0 Å². The predicted octanol–water partition coefficient (Wildman–Crippen LogP) is 10.9. The van der Waals surface area contributed by atoms with Crippen LogP contribution in [0.4, 0.5) is 36.0 Å². The van der Waals surface area contributed by atoms with Crippen molar-refractivity contribution in [2.24, 2.45) is 0 Å². The van der Waals surface area contributed by atoms with Crippen molar-refractivity contribution >= 4 is 90.1 Å². The summed E-state index contributed by atoms with van der Waals surface area (Å²) in [6.07, 6.45) is 14.8. The summed E-state index contributed by atoms with van der Waals surface area (Å²) in [4.78, 5) is 81.9. The molecule has 0 atom stereocenters. The zero-order valence-corrected chi connectivity index (χ0v) is 48.3. The van der Waals surface area contributed by atoms with E-state index >= 15 is 0 Å². The van der Waals surface area contributed by atoms with E-state index in [4.69, 9.17) is 29.1 Å². The number of carboxylic acids is 1. The standard InChI is InChI=1S/C25H29N3O4S.C19H20N4O2S.C13H19N3O4S/c1-25(2,3)32-24(30)27-20-8-7-17(18-9-12-31-16-18)13-19(20)14-21(29)23-26-15-22(33-23)28-10-5-4-6-11-28;20-16-2-1-13(14-3-8-25-12-14)9-15(16)10-17(24)19-22-11-18(26-19)23-6-4-21-5-7-23;1-13(2,3)20-12(19)16-6-4-15(5-7-16)9-8-14-10(21-9)11(17)18/h7-9,12-13,15-16H,4-6,10-11,14H2,1-3H3,(H,27,30);1-3,8-9,11-12,21H,4-7,10,20H2;8H,4-7H2,1-3H3,(H,17,18). The molecule has 20 nitrogen and oxygen atoms in total. The molecule has 0 unspecified atom stereocenters. The van der Waals surface area contributed by atoms with Crippen molar-refractivity contribution in [1.82, 2.24) is 25.2 Å². The van der Waals surface area contributed by atoms with E-state index in [1.807, 2.05) is 68.1 Å². The molecule has 5 aromatic heterocycles. The monoisotopic (exact) mass is 1150 g/mol. The zero-order chi connectivity index (χ0) is 57.0. The fourth-order valence-electron chi connectivity index (χ4n) is 8.78. The van der Waals surface area contributed by atoms with E-state index in [1.54, 1.807) is 75.4 Å². The predicted molar refractivity (Wildman–Crippen MR) is 313 cm³/mol.